The van der Waals surface area contributed by atoms with Gasteiger partial charge in [0.15, 0.2) is 0 Å². The number of fused-ring (bicyclic) bond motifs is 1. The Labute approximate surface area is 96.4 Å². The highest BCUT2D eigenvalue weighted by Crippen LogP contribution is 2.41. The van der Waals surface area contributed by atoms with Gasteiger partial charge in [0.1, 0.15) is 5.82 Å². The van der Waals surface area contributed by atoms with Gasteiger partial charge in [0.05, 0.1) is 11.4 Å². The van der Waals surface area contributed by atoms with E-state index in [0.717, 1.165) is 29.0 Å². The fourth-order valence-corrected chi connectivity index (χ4v) is 3.45. The van der Waals surface area contributed by atoms with Crippen molar-refractivity contribution in [1.29, 1.82) is 0 Å². The largest absolute Gasteiger partial charge is 0.394 e. The van der Waals surface area contributed by atoms with Crippen molar-refractivity contribution in [3.63, 3.8) is 0 Å². The molecule has 2 atom stereocenters. The summed E-state index contributed by atoms with van der Waals surface area (Å²) in [5.74, 6) is 2.93. The van der Waals surface area contributed by atoms with Crippen molar-refractivity contribution in [3.05, 3.63) is 5.69 Å². The first kappa shape index (κ1) is 10.00. The highest BCUT2D eigenvalue weighted by atomic mass is 15.4. The number of nitrogens with zero attached hydrogens (tertiary/aromatic N) is 3. The van der Waals surface area contributed by atoms with E-state index in [2.05, 4.69) is 10.00 Å². The number of nitrogens with two attached hydrogens (primary N) is 1. The van der Waals surface area contributed by atoms with Crippen LogP contribution in [-0.4, -0.2) is 22.9 Å². The summed E-state index contributed by atoms with van der Waals surface area (Å²) in [6.07, 6.45) is 4.22. The van der Waals surface area contributed by atoms with Gasteiger partial charge in [0.25, 0.3) is 0 Å². The summed E-state index contributed by atoms with van der Waals surface area (Å²) in [7, 11) is 1.99. The van der Waals surface area contributed by atoms with Gasteiger partial charge in [-0.3, -0.25) is 4.68 Å². The second-order valence-corrected chi connectivity index (χ2v) is 5.30. The molecule has 1 aromatic rings. The van der Waals surface area contributed by atoms with E-state index >= 15 is 0 Å². The third-order valence-corrected chi connectivity index (χ3v) is 4.26. The number of aryl methyl sites for hydroxylation is 2. The summed E-state index contributed by atoms with van der Waals surface area (Å²) in [6, 6.07) is 0. The molecule has 3 rings (SSSR count). The molecule has 2 aliphatic rings. The predicted octanol–water partition coefficient (Wildman–Crippen LogP) is 1.55. The fourth-order valence-electron chi connectivity index (χ4n) is 3.45. The molecule has 2 N–H and O–H groups in total. The zero-order valence-electron chi connectivity index (χ0n) is 10.1. The molecule has 0 amide bonds. The van der Waals surface area contributed by atoms with Crippen LogP contribution in [0.4, 0.5) is 11.5 Å². The Kier molecular flexibility index (Phi) is 2.13. The Morgan fingerprint density at radius 2 is 1.88 bits per heavy atom. The van der Waals surface area contributed by atoms with Crippen molar-refractivity contribution < 1.29 is 0 Å². The van der Waals surface area contributed by atoms with Gasteiger partial charge < -0.3 is 10.6 Å². The summed E-state index contributed by atoms with van der Waals surface area (Å²) in [4.78, 5) is 2.43. The molecule has 1 aliphatic heterocycles. The Bertz CT molecular complexity index is 397. The molecule has 2 fully saturated rings. The highest BCUT2D eigenvalue weighted by Gasteiger charge is 2.37. The van der Waals surface area contributed by atoms with E-state index in [1.54, 1.807) is 0 Å². The van der Waals surface area contributed by atoms with Crippen LogP contribution in [0.3, 0.4) is 0 Å². The van der Waals surface area contributed by atoms with Crippen molar-refractivity contribution in [3.8, 4) is 0 Å². The molecule has 88 valence electrons. The van der Waals surface area contributed by atoms with Crippen molar-refractivity contribution in [2.75, 3.05) is 23.7 Å². The Morgan fingerprint density at radius 1 is 1.25 bits per heavy atom. The van der Waals surface area contributed by atoms with Crippen LogP contribution in [0, 0.1) is 18.8 Å². The molecular formula is C12H20N4. The average molecular weight is 220 g/mol. The number of anilines is 2. The summed E-state index contributed by atoms with van der Waals surface area (Å²) >= 11 is 0. The van der Waals surface area contributed by atoms with Crippen LogP contribution in [-0.2, 0) is 7.05 Å². The smallest absolute Gasteiger partial charge is 0.150 e. The quantitative estimate of drug-likeness (QED) is 0.781. The first-order valence-corrected chi connectivity index (χ1v) is 6.21. The summed E-state index contributed by atoms with van der Waals surface area (Å²) in [6.45, 7) is 4.33. The third-order valence-electron chi connectivity index (χ3n) is 4.26. The van der Waals surface area contributed by atoms with E-state index in [1.807, 2.05) is 18.7 Å². The van der Waals surface area contributed by atoms with Gasteiger partial charge in [-0.15, -0.1) is 0 Å². The number of nitrogen functional groups attached to an aromatic ring is 1. The number of aromatic nitrogens is 2. The molecule has 0 spiro atoms. The fraction of sp³-hybridized carbons (Fsp3) is 0.750. The molecule has 4 nitrogen and oxygen atoms in total. The second kappa shape index (κ2) is 3.40. The Morgan fingerprint density at radius 3 is 2.38 bits per heavy atom. The second-order valence-electron chi connectivity index (χ2n) is 5.30. The predicted molar refractivity (Wildman–Crippen MR) is 65.4 cm³/mol. The molecule has 2 heterocycles. The maximum Gasteiger partial charge on any atom is 0.150 e. The number of hydrogen-bond acceptors (Lipinski definition) is 3. The maximum atomic E-state index is 6.11. The summed E-state index contributed by atoms with van der Waals surface area (Å²) < 4.78 is 1.94. The Hall–Kier alpha value is -1.19. The zero-order chi connectivity index (χ0) is 11.3. The van der Waals surface area contributed by atoms with Gasteiger partial charge in [0, 0.05) is 20.1 Å². The van der Waals surface area contributed by atoms with Gasteiger partial charge in [-0.25, -0.2) is 0 Å². The minimum absolute atomic E-state index is 0.863. The first-order valence-electron chi connectivity index (χ1n) is 6.21. The molecule has 0 radical (unpaired) electrons. The monoisotopic (exact) mass is 220 g/mol. The highest BCUT2D eigenvalue weighted by molar-refractivity contribution is 5.66. The van der Waals surface area contributed by atoms with Gasteiger partial charge in [0.2, 0.25) is 0 Å². The molecule has 1 aliphatic carbocycles. The summed E-state index contributed by atoms with van der Waals surface area (Å²) in [5.41, 5.74) is 7.93. The molecule has 1 saturated heterocycles. The lowest BCUT2D eigenvalue weighted by atomic mass is 10.0. The first-order chi connectivity index (χ1) is 7.66. The van der Waals surface area contributed by atoms with Crippen molar-refractivity contribution in [1.82, 2.24) is 9.78 Å². The standard InChI is InChI=1S/C12H20N4/c1-8-11(13)12(15(2)14-8)16-6-9-4-3-5-10(9)7-16/h9-10H,3-7,13H2,1-2H3. The van der Waals surface area contributed by atoms with Gasteiger partial charge in [-0.05, 0) is 31.6 Å². The molecular weight excluding hydrogens is 200 g/mol. The third kappa shape index (κ3) is 1.32. The van der Waals surface area contributed by atoms with Crippen molar-refractivity contribution in [2.24, 2.45) is 18.9 Å². The van der Waals surface area contributed by atoms with Crippen molar-refractivity contribution in [2.45, 2.75) is 26.2 Å². The van der Waals surface area contributed by atoms with E-state index in [-0.39, 0.29) is 0 Å². The molecule has 1 saturated carbocycles. The molecule has 2 unspecified atom stereocenters. The van der Waals surface area contributed by atoms with Crippen LogP contribution in [0.5, 0.6) is 0 Å². The van der Waals surface area contributed by atoms with Crippen LogP contribution in [0.1, 0.15) is 25.0 Å². The van der Waals surface area contributed by atoms with E-state index < -0.39 is 0 Å². The van der Waals surface area contributed by atoms with Crippen LogP contribution in [0.15, 0.2) is 0 Å². The maximum absolute atomic E-state index is 6.11. The van der Waals surface area contributed by atoms with E-state index in [4.69, 9.17) is 5.73 Å². The zero-order valence-corrected chi connectivity index (χ0v) is 10.1. The minimum atomic E-state index is 0.863. The molecule has 4 heteroatoms. The number of hydrogen-bond donors (Lipinski definition) is 1. The van der Waals surface area contributed by atoms with E-state index in [1.165, 1.54) is 32.4 Å². The van der Waals surface area contributed by atoms with E-state index in [9.17, 15) is 0 Å². The topological polar surface area (TPSA) is 47.1 Å². The van der Waals surface area contributed by atoms with Crippen LogP contribution >= 0.6 is 0 Å². The Balaban J connectivity index is 1.88. The van der Waals surface area contributed by atoms with Gasteiger partial charge >= 0.3 is 0 Å². The normalized spacial score (nSPS) is 28.8. The average Bonchev–Trinajstić information content (AvgIpc) is 2.82. The molecule has 0 aromatic carbocycles. The van der Waals surface area contributed by atoms with Gasteiger partial charge in [-0.2, -0.15) is 5.10 Å². The number of rotatable bonds is 1. The van der Waals surface area contributed by atoms with Gasteiger partial charge in [-0.1, -0.05) is 6.42 Å². The van der Waals surface area contributed by atoms with Crippen LogP contribution in [0.2, 0.25) is 0 Å². The van der Waals surface area contributed by atoms with E-state index in [0.29, 0.717) is 0 Å². The lowest BCUT2D eigenvalue weighted by molar-refractivity contribution is 0.494. The molecule has 0 bridgehead atoms. The van der Waals surface area contributed by atoms with Crippen LogP contribution in [0.25, 0.3) is 0 Å². The lowest BCUT2D eigenvalue weighted by Gasteiger charge is -2.20. The van der Waals surface area contributed by atoms with Crippen molar-refractivity contribution >= 4 is 11.5 Å². The minimum Gasteiger partial charge on any atom is -0.394 e. The SMILES string of the molecule is Cc1nn(C)c(N2CC3CCCC3C2)c1N. The summed E-state index contributed by atoms with van der Waals surface area (Å²) in [5, 5.41) is 4.40. The lowest BCUT2D eigenvalue weighted by Crippen LogP contribution is -2.24. The molecule has 16 heavy (non-hydrogen) atoms. The van der Waals surface area contributed by atoms with Crippen LogP contribution < -0.4 is 10.6 Å². The molecule has 1 aromatic heterocycles.